The van der Waals surface area contributed by atoms with Gasteiger partial charge in [0.15, 0.2) is 0 Å². The van der Waals surface area contributed by atoms with E-state index in [1.165, 1.54) is 0 Å². The van der Waals surface area contributed by atoms with Crippen LogP contribution < -0.4 is 0 Å². The van der Waals surface area contributed by atoms with Crippen LogP contribution in [0.4, 0.5) is 0 Å². The molecule has 0 amide bonds. The zero-order chi connectivity index (χ0) is 24.5. The maximum absolute atomic E-state index is 13.0. The lowest BCUT2D eigenvalue weighted by Gasteiger charge is -2.39. The van der Waals surface area contributed by atoms with Gasteiger partial charge in [-0.25, -0.2) is 0 Å². The molecule has 1 saturated carbocycles. The van der Waals surface area contributed by atoms with E-state index in [0.29, 0.717) is 25.6 Å². The zero-order valence-electron chi connectivity index (χ0n) is 21.2. The first-order valence-electron chi connectivity index (χ1n) is 13.2. The molecule has 3 saturated heterocycles. The first-order valence-corrected chi connectivity index (χ1v) is 13.2. The Labute approximate surface area is 204 Å². The molecule has 0 radical (unpaired) electrons. The Hall–Kier alpha value is -1.34. The molecular weight excluding hydrogens is 432 g/mol. The van der Waals surface area contributed by atoms with Gasteiger partial charge in [0.1, 0.15) is 29.4 Å². The standard InChI is InChI=1S/C28H42O6/c1-17(9-11-26-27(31)28(16-33-28)12-13-32-26)8-10-25-18(2)14-21(20(4)34-25)15-24(30)23-7-5-6-22(23)19(3)29/h8-9,11,18,20-23,25-27,31H,5-7,10,12-16H2,1-4H3/b11-9+,17-8+/t18-,20+,21-,22?,23?,25-,26?,27+,28+/m0/s1. The van der Waals surface area contributed by atoms with Gasteiger partial charge in [-0.1, -0.05) is 37.1 Å². The third kappa shape index (κ3) is 5.72. The number of aliphatic hydroxyl groups is 1. The number of ether oxygens (including phenoxy) is 3. The number of carbonyl (C=O) groups excluding carboxylic acids is 2. The molecule has 3 heterocycles. The van der Waals surface area contributed by atoms with Crippen LogP contribution >= 0.6 is 0 Å². The van der Waals surface area contributed by atoms with Gasteiger partial charge >= 0.3 is 0 Å². The van der Waals surface area contributed by atoms with E-state index < -0.39 is 6.10 Å². The van der Waals surface area contributed by atoms with Crippen LogP contribution in [0.5, 0.6) is 0 Å². The maximum Gasteiger partial charge on any atom is 0.137 e. The minimum atomic E-state index is -0.609. The van der Waals surface area contributed by atoms with Gasteiger partial charge in [0.25, 0.3) is 0 Å². The molecule has 3 aliphatic heterocycles. The summed E-state index contributed by atoms with van der Waals surface area (Å²) in [5.41, 5.74) is 0.735. The molecular formula is C28H42O6. The van der Waals surface area contributed by atoms with Crippen LogP contribution in [0.1, 0.15) is 72.6 Å². The first-order chi connectivity index (χ1) is 16.2. The van der Waals surface area contributed by atoms with Gasteiger partial charge in [-0.3, -0.25) is 9.59 Å². The van der Waals surface area contributed by atoms with Crippen LogP contribution in [-0.2, 0) is 23.8 Å². The van der Waals surface area contributed by atoms with Crippen molar-refractivity contribution in [3.63, 3.8) is 0 Å². The van der Waals surface area contributed by atoms with Gasteiger partial charge in [0.05, 0.1) is 25.4 Å². The van der Waals surface area contributed by atoms with Crippen molar-refractivity contribution in [2.24, 2.45) is 23.7 Å². The van der Waals surface area contributed by atoms with Crippen molar-refractivity contribution in [2.75, 3.05) is 13.2 Å². The highest BCUT2D eigenvalue weighted by atomic mass is 16.6. The lowest BCUT2D eigenvalue weighted by atomic mass is 9.78. The molecule has 0 aromatic carbocycles. The summed E-state index contributed by atoms with van der Waals surface area (Å²) in [4.78, 5) is 24.9. The third-order valence-corrected chi connectivity index (χ3v) is 8.70. The summed E-state index contributed by atoms with van der Waals surface area (Å²) in [5, 5.41) is 10.5. The molecule has 1 spiro atoms. The second-order valence-corrected chi connectivity index (χ2v) is 11.2. The van der Waals surface area contributed by atoms with Crippen LogP contribution in [-0.4, -0.2) is 59.9 Å². The lowest BCUT2D eigenvalue weighted by Crippen LogP contribution is -2.46. The van der Waals surface area contributed by atoms with Gasteiger partial charge < -0.3 is 19.3 Å². The largest absolute Gasteiger partial charge is 0.387 e. The minimum Gasteiger partial charge on any atom is -0.387 e. The van der Waals surface area contributed by atoms with Crippen molar-refractivity contribution >= 4 is 11.6 Å². The van der Waals surface area contributed by atoms with Crippen molar-refractivity contribution in [3.05, 3.63) is 23.8 Å². The molecule has 34 heavy (non-hydrogen) atoms. The molecule has 0 aromatic rings. The number of allylic oxidation sites excluding steroid dienone is 2. The van der Waals surface area contributed by atoms with Gasteiger partial charge in [-0.05, 0) is 58.3 Å². The summed E-state index contributed by atoms with van der Waals surface area (Å²) >= 11 is 0. The second kappa shape index (κ2) is 10.7. The van der Waals surface area contributed by atoms with Crippen molar-refractivity contribution in [3.8, 4) is 0 Å². The Morgan fingerprint density at radius 2 is 1.88 bits per heavy atom. The summed E-state index contributed by atoms with van der Waals surface area (Å²) in [7, 11) is 0. The highest BCUT2D eigenvalue weighted by Crippen LogP contribution is 2.40. The van der Waals surface area contributed by atoms with E-state index in [1.54, 1.807) is 6.92 Å². The quantitative estimate of drug-likeness (QED) is 0.419. The van der Waals surface area contributed by atoms with Crippen molar-refractivity contribution in [1.82, 2.24) is 0 Å². The van der Waals surface area contributed by atoms with Crippen molar-refractivity contribution in [2.45, 2.75) is 103 Å². The van der Waals surface area contributed by atoms with Crippen LogP contribution in [0.25, 0.3) is 0 Å². The molecule has 9 atom stereocenters. The second-order valence-electron chi connectivity index (χ2n) is 11.2. The Morgan fingerprint density at radius 1 is 1.15 bits per heavy atom. The molecule has 0 aromatic heterocycles. The highest BCUT2D eigenvalue weighted by molar-refractivity contribution is 5.89. The maximum atomic E-state index is 13.0. The number of Topliss-reactive ketones (excluding diaryl/α,β-unsaturated/α-hetero) is 2. The SMILES string of the molecule is CC(=O)C1CCCC1C(=O)C[C@@H]1C[C@H](C)[C@H](C/C=C(C)/C=C/C2OCC[C@@]3(CO3)[C@@H]2O)O[C@@H]1C. The first kappa shape index (κ1) is 25.7. The zero-order valence-corrected chi connectivity index (χ0v) is 21.2. The van der Waals surface area contributed by atoms with Crippen molar-refractivity contribution in [1.29, 1.82) is 0 Å². The molecule has 4 rings (SSSR count). The van der Waals surface area contributed by atoms with E-state index >= 15 is 0 Å². The normalized spacial score (nSPS) is 42.9. The number of carbonyl (C=O) groups is 2. The van der Waals surface area contributed by atoms with Gasteiger partial charge in [0, 0.05) is 24.7 Å². The molecule has 1 aliphatic carbocycles. The Bertz CT molecular complexity index is 812. The molecule has 4 fully saturated rings. The van der Waals surface area contributed by atoms with Crippen LogP contribution in [0, 0.1) is 23.7 Å². The van der Waals surface area contributed by atoms with Crippen LogP contribution in [0.15, 0.2) is 23.8 Å². The number of aliphatic hydroxyl groups excluding tert-OH is 1. The summed E-state index contributed by atoms with van der Waals surface area (Å²) < 4.78 is 17.6. The number of ketones is 2. The van der Waals surface area contributed by atoms with Gasteiger partial charge in [-0.15, -0.1) is 0 Å². The highest BCUT2D eigenvalue weighted by Gasteiger charge is 2.55. The molecule has 4 aliphatic rings. The summed E-state index contributed by atoms with van der Waals surface area (Å²) in [6.45, 7) is 9.21. The number of rotatable bonds is 8. The number of hydrogen-bond donors (Lipinski definition) is 1. The van der Waals surface area contributed by atoms with Crippen LogP contribution in [0.3, 0.4) is 0 Å². The van der Waals surface area contributed by atoms with Crippen LogP contribution in [0.2, 0.25) is 0 Å². The third-order valence-electron chi connectivity index (χ3n) is 8.70. The van der Waals surface area contributed by atoms with E-state index in [0.717, 1.165) is 44.1 Å². The fourth-order valence-electron chi connectivity index (χ4n) is 6.21. The predicted octanol–water partition coefficient (Wildman–Crippen LogP) is 4.19. The number of hydrogen-bond acceptors (Lipinski definition) is 6. The average Bonchev–Trinajstić information content (AvgIpc) is 3.38. The lowest BCUT2D eigenvalue weighted by molar-refractivity contribution is -0.136. The van der Waals surface area contributed by atoms with Gasteiger partial charge in [0.2, 0.25) is 0 Å². The van der Waals surface area contributed by atoms with Crippen molar-refractivity contribution < 1.29 is 28.9 Å². The Balaban J connectivity index is 1.26. The van der Waals surface area contributed by atoms with Gasteiger partial charge in [-0.2, -0.15) is 0 Å². The fourth-order valence-corrected chi connectivity index (χ4v) is 6.21. The summed E-state index contributed by atoms with van der Waals surface area (Å²) in [6.07, 6.45) is 11.1. The molecule has 190 valence electrons. The number of epoxide rings is 1. The van der Waals surface area contributed by atoms with E-state index in [4.69, 9.17) is 14.2 Å². The molecule has 1 N–H and O–H groups in total. The molecule has 6 nitrogen and oxygen atoms in total. The monoisotopic (exact) mass is 474 g/mol. The summed E-state index contributed by atoms with van der Waals surface area (Å²) in [5.74, 6) is 0.862. The Kier molecular flexibility index (Phi) is 8.13. The van der Waals surface area contributed by atoms with E-state index in [1.807, 2.05) is 12.2 Å². The van der Waals surface area contributed by atoms with E-state index in [9.17, 15) is 14.7 Å². The minimum absolute atomic E-state index is 0.0343. The summed E-state index contributed by atoms with van der Waals surface area (Å²) in [6, 6.07) is 0. The average molecular weight is 475 g/mol. The fraction of sp³-hybridized carbons (Fsp3) is 0.786. The molecule has 0 bridgehead atoms. The Morgan fingerprint density at radius 3 is 2.59 bits per heavy atom. The predicted molar refractivity (Wildman–Crippen MR) is 129 cm³/mol. The molecule has 3 unspecified atom stereocenters. The topological polar surface area (TPSA) is 85.4 Å². The van der Waals surface area contributed by atoms with E-state index in [-0.39, 0.29) is 53.2 Å². The smallest absolute Gasteiger partial charge is 0.137 e. The molecule has 6 heteroatoms. The van der Waals surface area contributed by atoms with E-state index in [2.05, 4.69) is 26.8 Å².